The number of nitrogens with two attached hydrogens (primary N) is 1. The first-order valence-corrected chi connectivity index (χ1v) is 7.04. The average Bonchev–Trinajstić information content (AvgIpc) is 2.35. The van der Waals surface area contributed by atoms with Crippen molar-refractivity contribution < 1.29 is 14.3 Å². The van der Waals surface area contributed by atoms with Crippen LogP contribution in [-0.4, -0.2) is 30.6 Å². The van der Waals surface area contributed by atoms with Crippen molar-refractivity contribution >= 4 is 11.9 Å². The van der Waals surface area contributed by atoms with Crippen LogP contribution in [0.5, 0.6) is 0 Å². The molecule has 1 aliphatic carbocycles. The second kappa shape index (κ2) is 6.89. The molecule has 110 valence electrons. The maximum atomic E-state index is 12.1. The first-order chi connectivity index (χ1) is 8.88. The summed E-state index contributed by atoms with van der Waals surface area (Å²) >= 11 is 0. The Balaban J connectivity index is 2.55. The predicted molar refractivity (Wildman–Crippen MR) is 73.4 cm³/mol. The van der Waals surface area contributed by atoms with E-state index in [9.17, 15) is 9.59 Å². The molecule has 0 aromatic heterocycles. The fraction of sp³-hybridized carbons (Fsp3) is 0.857. The highest BCUT2D eigenvalue weighted by atomic mass is 16.5. The Labute approximate surface area is 115 Å². The minimum absolute atomic E-state index is 0.00326. The molecule has 3 N–H and O–H groups in total. The summed E-state index contributed by atoms with van der Waals surface area (Å²) < 4.78 is 4.70. The van der Waals surface area contributed by atoms with Crippen LogP contribution in [0.3, 0.4) is 0 Å². The number of carbonyl (C=O) groups is 2. The van der Waals surface area contributed by atoms with Gasteiger partial charge in [-0.15, -0.1) is 0 Å². The van der Waals surface area contributed by atoms with Crippen LogP contribution in [-0.2, 0) is 14.3 Å². The van der Waals surface area contributed by atoms with Crippen molar-refractivity contribution in [1.29, 1.82) is 0 Å². The highest BCUT2D eigenvalue weighted by Crippen LogP contribution is 2.28. The molecule has 0 aromatic carbocycles. The third kappa shape index (κ3) is 4.82. The van der Waals surface area contributed by atoms with Gasteiger partial charge in [-0.2, -0.15) is 0 Å². The van der Waals surface area contributed by atoms with Crippen LogP contribution in [0, 0.1) is 5.92 Å². The highest BCUT2D eigenvalue weighted by molar-refractivity contribution is 5.85. The number of carbonyl (C=O) groups excluding carboxylic acids is 2. The molecule has 1 unspecified atom stereocenters. The Bertz CT molecular complexity index is 323. The smallest absolute Gasteiger partial charge is 0.328 e. The molecule has 0 bridgehead atoms. The van der Waals surface area contributed by atoms with Gasteiger partial charge in [0, 0.05) is 12.0 Å². The zero-order valence-electron chi connectivity index (χ0n) is 12.2. The third-order valence-electron chi connectivity index (χ3n) is 3.80. The van der Waals surface area contributed by atoms with Crippen LogP contribution in [0.15, 0.2) is 0 Å². The third-order valence-corrected chi connectivity index (χ3v) is 3.80. The van der Waals surface area contributed by atoms with E-state index in [1.54, 1.807) is 0 Å². The number of hydrogen-bond donors (Lipinski definition) is 2. The van der Waals surface area contributed by atoms with Crippen LogP contribution in [0.2, 0.25) is 0 Å². The largest absolute Gasteiger partial charge is 0.467 e. The molecule has 5 nitrogen and oxygen atoms in total. The summed E-state index contributed by atoms with van der Waals surface area (Å²) in [6.45, 7) is 3.75. The maximum absolute atomic E-state index is 12.1. The van der Waals surface area contributed by atoms with Crippen molar-refractivity contribution in [3.05, 3.63) is 0 Å². The molecule has 0 aliphatic heterocycles. The monoisotopic (exact) mass is 270 g/mol. The molecule has 1 amide bonds. The van der Waals surface area contributed by atoms with Crippen molar-refractivity contribution in [3.63, 3.8) is 0 Å². The second-order valence-corrected chi connectivity index (χ2v) is 5.91. The van der Waals surface area contributed by atoms with Gasteiger partial charge in [-0.05, 0) is 18.8 Å². The van der Waals surface area contributed by atoms with E-state index in [1.807, 2.05) is 13.8 Å². The van der Waals surface area contributed by atoms with Crippen LogP contribution in [0.1, 0.15) is 52.4 Å². The van der Waals surface area contributed by atoms with Crippen molar-refractivity contribution in [3.8, 4) is 0 Å². The van der Waals surface area contributed by atoms with Gasteiger partial charge in [0.25, 0.3) is 0 Å². The molecule has 0 heterocycles. The number of ether oxygens (including phenoxy) is 1. The molecular weight excluding hydrogens is 244 g/mol. The van der Waals surface area contributed by atoms with Gasteiger partial charge in [-0.1, -0.05) is 33.1 Å². The van der Waals surface area contributed by atoms with Crippen LogP contribution in [0.4, 0.5) is 0 Å². The Morgan fingerprint density at radius 2 is 1.84 bits per heavy atom. The fourth-order valence-corrected chi connectivity index (χ4v) is 2.60. The number of methoxy groups -OCH3 is 1. The Morgan fingerprint density at radius 3 is 2.32 bits per heavy atom. The molecular formula is C14H26N2O3. The highest BCUT2D eigenvalue weighted by Gasteiger charge is 2.32. The Kier molecular flexibility index (Phi) is 5.79. The summed E-state index contributed by atoms with van der Waals surface area (Å²) in [6, 6.07) is -0.593. The summed E-state index contributed by atoms with van der Waals surface area (Å²) in [5, 5.41) is 2.75. The summed E-state index contributed by atoms with van der Waals surface area (Å²) in [5.74, 6) is -0.567. The topological polar surface area (TPSA) is 81.4 Å². The first-order valence-electron chi connectivity index (χ1n) is 7.04. The lowest BCUT2D eigenvalue weighted by Gasteiger charge is -2.33. The molecule has 1 atom stereocenters. The van der Waals surface area contributed by atoms with E-state index in [0.29, 0.717) is 0 Å². The standard InChI is InChI=1S/C14H26N2O3/c1-10(2)12(13(18)19-3)16-11(17)9-14(15)7-5-4-6-8-14/h10,12H,4-9,15H2,1-3H3,(H,16,17). The van der Waals surface area contributed by atoms with E-state index in [4.69, 9.17) is 10.5 Å². The predicted octanol–water partition coefficient (Wildman–Crippen LogP) is 1.35. The SMILES string of the molecule is COC(=O)C(NC(=O)CC1(N)CCCCC1)C(C)C. The van der Waals surface area contributed by atoms with E-state index >= 15 is 0 Å². The normalized spacial score (nSPS) is 19.8. The lowest BCUT2D eigenvalue weighted by molar-refractivity contribution is -0.146. The lowest BCUT2D eigenvalue weighted by Crippen LogP contribution is -2.50. The van der Waals surface area contributed by atoms with Crippen molar-refractivity contribution in [2.45, 2.75) is 64.0 Å². The molecule has 1 saturated carbocycles. The van der Waals surface area contributed by atoms with Gasteiger partial charge in [0.2, 0.25) is 5.91 Å². The van der Waals surface area contributed by atoms with E-state index in [-0.39, 0.29) is 18.2 Å². The summed E-state index contributed by atoms with van der Waals surface area (Å²) in [6.07, 6.45) is 5.39. The summed E-state index contributed by atoms with van der Waals surface area (Å²) in [7, 11) is 1.33. The van der Waals surface area contributed by atoms with Gasteiger partial charge >= 0.3 is 5.97 Å². The summed E-state index contributed by atoms with van der Waals surface area (Å²) in [4.78, 5) is 23.6. The quantitative estimate of drug-likeness (QED) is 0.739. The molecule has 0 radical (unpaired) electrons. The van der Waals surface area contributed by atoms with E-state index in [0.717, 1.165) is 25.7 Å². The van der Waals surface area contributed by atoms with Gasteiger partial charge in [0.1, 0.15) is 6.04 Å². The van der Waals surface area contributed by atoms with Gasteiger partial charge in [0.05, 0.1) is 7.11 Å². The fourth-order valence-electron chi connectivity index (χ4n) is 2.60. The minimum Gasteiger partial charge on any atom is -0.467 e. The van der Waals surface area contributed by atoms with E-state index in [1.165, 1.54) is 13.5 Å². The molecule has 0 saturated heterocycles. The maximum Gasteiger partial charge on any atom is 0.328 e. The molecule has 0 aromatic rings. The molecule has 19 heavy (non-hydrogen) atoms. The van der Waals surface area contributed by atoms with Crippen LogP contribution in [0.25, 0.3) is 0 Å². The number of hydrogen-bond acceptors (Lipinski definition) is 4. The number of amides is 1. The number of nitrogens with one attached hydrogen (secondary N) is 1. The molecule has 5 heteroatoms. The zero-order chi connectivity index (χ0) is 14.5. The molecule has 1 fully saturated rings. The van der Waals surface area contributed by atoms with Crippen LogP contribution >= 0.6 is 0 Å². The summed E-state index contributed by atoms with van der Waals surface area (Å²) in [5.41, 5.74) is 5.84. The van der Waals surface area contributed by atoms with Crippen LogP contribution < -0.4 is 11.1 Å². The van der Waals surface area contributed by atoms with Gasteiger partial charge in [-0.25, -0.2) is 4.79 Å². The number of rotatable bonds is 5. The minimum atomic E-state index is -0.593. The van der Waals surface area contributed by atoms with Gasteiger partial charge < -0.3 is 15.8 Å². The molecule has 1 aliphatic rings. The molecule has 1 rings (SSSR count). The molecule has 0 spiro atoms. The van der Waals surface area contributed by atoms with Gasteiger partial charge in [-0.3, -0.25) is 4.79 Å². The van der Waals surface area contributed by atoms with Crippen molar-refractivity contribution in [2.24, 2.45) is 11.7 Å². The Morgan fingerprint density at radius 1 is 1.26 bits per heavy atom. The van der Waals surface area contributed by atoms with E-state index < -0.39 is 17.6 Å². The Hall–Kier alpha value is -1.10. The van der Waals surface area contributed by atoms with Crippen molar-refractivity contribution in [2.75, 3.05) is 7.11 Å². The first kappa shape index (κ1) is 16.0. The average molecular weight is 270 g/mol. The zero-order valence-corrected chi connectivity index (χ0v) is 12.2. The van der Waals surface area contributed by atoms with Gasteiger partial charge in [0.15, 0.2) is 0 Å². The van der Waals surface area contributed by atoms with E-state index in [2.05, 4.69) is 5.32 Å². The lowest BCUT2D eigenvalue weighted by atomic mass is 9.80. The van der Waals surface area contributed by atoms with Crippen molar-refractivity contribution in [1.82, 2.24) is 5.32 Å². The number of esters is 1. The second-order valence-electron chi connectivity index (χ2n) is 5.91.